The Balaban J connectivity index is 2.38. The predicted octanol–water partition coefficient (Wildman–Crippen LogP) is 0.221. The SMILES string of the molecule is CNc1ncc(C(=O)OC)cc1N1CC(CN)CC1=O. The lowest BCUT2D eigenvalue weighted by molar-refractivity contribution is -0.117. The van der Waals surface area contributed by atoms with E-state index in [0.29, 0.717) is 36.6 Å². The summed E-state index contributed by atoms with van der Waals surface area (Å²) in [5.74, 6) is 0.182. The van der Waals surface area contributed by atoms with Crippen LogP contribution in [0.1, 0.15) is 16.8 Å². The zero-order valence-electron chi connectivity index (χ0n) is 11.5. The zero-order chi connectivity index (χ0) is 14.7. The van der Waals surface area contributed by atoms with Crippen molar-refractivity contribution in [3.05, 3.63) is 17.8 Å². The summed E-state index contributed by atoms with van der Waals surface area (Å²) in [5.41, 5.74) is 6.51. The molecule has 1 unspecified atom stereocenters. The Morgan fingerprint density at radius 3 is 2.95 bits per heavy atom. The third-order valence-corrected chi connectivity index (χ3v) is 3.35. The van der Waals surface area contributed by atoms with Crippen LogP contribution in [0.3, 0.4) is 0 Å². The smallest absolute Gasteiger partial charge is 0.339 e. The molecule has 2 heterocycles. The highest BCUT2D eigenvalue weighted by Gasteiger charge is 2.31. The maximum Gasteiger partial charge on any atom is 0.339 e. The molecule has 0 bridgehead atoms. The van der Waals surface area contributed by atoms with E-state index in [9.17, 15) is 9.59 Å². The maximum absolute atomic E-state index is 12.1. The Morgan fingerprint density at radius 1 is 1.65 bits per heavy atom. The van der Waals surface area contributed by atoms with E-state index in [1.165, 1.54) is 13.3 Å². The van der Waals surface area contributed by atoms with Crippen molar-refractivity contribution in [1.29, 1.82) is 0 Å². The summed E-state index contributed by atoms with van der Waals surface area (Å²) in [6, 6.07) is 1.61. The van der Waals surface area contributed by atoms with Crippen LogP contribution in [-0.2, 0) is 9.53 Å². The number of hydrogen-bond donors (Lipinski definition) is 2. The number of aromatic nitrogens is 1. The van der Waals surface area contributed by atoms with Crippen molar-refractivity contribution in [3.8, 4) is 0 Å². The van der Waals surface area contributed by atoms with Crippen LogP contribution in [0.5, 0.6) is 0 Å². The fourth-order valence-electron chi connectivity index (χ4n) is 2.25. The molecule has 1 saturated heterocycles. The molecule has 0 aliphatic carbocycles. The first-order chi connectivity index (χ1) is 9.60. The van der Waals surface area contributed by atoms with Crippen LogP contribution in [0.15, 0.2) is 12.3 Å². The summed E-state index contributed by atoms with van der Waals surface area (Å²) in [6.07, 6.45) is 1.84. The number of rotatable bonds is 4. The number of ether oxygens (including phenoxy) is 1. The fourth-order valence-corrected chi connectivity index (χ4v) is 2.25. The van der Waals surface area contributed by atoms with Gasteiger partial charge in [0, 0.05) is 26.2 Å². The highest BCUT2D eigenvalue weighted by atomic mass is 16.5. The van der Waals surface area contributed by atoms with Crippen molar-refractivity contribution in [2.45, 2.75) is 6.42 Å². The number of hydrogen-bond acceptors (Lipinski definition) is 6. The number of carbonyl (C=O) groups is 2. The van der Waals surface area contributed by atoms with Crippen LogP contribution >= 0.6 is 0 Å². The van der Waals surface area contributed by atoms with E-state index in [4.69, 9.17) is 5.73 Å². The molecule has 1 aliphatic rings. The van der Waals surface area contributed by atoms with E-state index in [2.05, 4.69) is 15.0 Å². The van der Waals surface area contributed by atoms with Gasteiger partial charge in [0.15, 0.2) is 0 Å². The number of pyridine rings is 1. The van der Waals surface area contributed by atoms with Crippen molar-refractivity contribution in [3.63, 3.8) is 0 Å². The molecule has 1 aliphatic heterocycles. The lowest BCUT2D eigenvalue weighted by Gasteiger charge is -2.20. The molecule has 7 heteroatoms. The summed E-state index contributed by atoms with van der Waals surface area (Å²) < 4.78 is 4.67. The molecule has 1 aromatic rings. The van der Waals surface area contributed by atoms with Gasteiger partial charge in [-0.3, -0.25) is 4.79 Å². The van der Waals surface area contributed by atoms with Crippen molar-refractivity contribution < 1.29 is 14.3 Å². The Hall–Kier alpha value is -2.15. The van der Waals surface area contributed by atoms with Crippen LogP contribution in [0.25, 0.3) is 0 Å². The van der Waals surface area contributed by atoms with Gasteiger partial charge in [0.1, 0.15) is 5.82 Å². The Morgan fingerprint density at radius 2 is 2.40 bits per heavy atom. The van der Waals surface area contributed by atoms with Gasteiger partial charge in [-0.05, 0) is 18.5 Å². The number of nitrogens with two attached hydrogens (primary N) is 1. The molecule has 0 spiro atoms. The van der Waals surface area contributed by atoms with Crippen molar-refractivity contribution in [1.82, 2.24) is 4.98 Å². The van der Waals surface area contributed by atoms with Gasteiger partial charge in [-0.15, -0.1) is 0 Å². The van der Waals surface area contributed by atoms with E-state index >= 15 is 0 Å². The average Bonchev–Trinajstić information content (AvgIpc) is 2.86. The molecule has 108 valence electrons. The standard InChI is InChI=1S/C13H18N4O3/c1-15-12-10(4-9(6-16-12)13(19)20-2)17-7-8(5-14)3-11(17)18/h4,6,8H,3,5,7,14H2,1-2H3,(H,15,16). The molecule has 2 rings (SSSR count). The second-order valence-corrected chi connectivity index (χ2v) is 4.64. The predicted molar refractivity (Wildman–Crippen MR) is 74.6 cm³/mol. The normalized spacial score (nSPS) is 18.2. The second-order valence-electron chi connectivity index (χ2n) is 4.64. The summed E-state index contributed by atoms with van der Waals surface area (Å²) in [6.45, 7) is 0.998. The van der Waals surface area contributed by atoms with Gasteiger partial charge >= 0.3 is 5.97 Å². The number of carbonyl (C=O) groups excluding carboxylic acids is 2. The number of amides is 1. The molecule has 0 radical (unpaired) electrons. The van der Waals surface area contributed by atoms with E-state index < -0.39 is 5.97 Å². The molecular weight excluding hydrogens is 260 g/mol. The summed E-state index contributed by atoms with van der Waals surface area (Å²) in [4.78, 5) is 29.4. The van der Waals surface area contributed by atoms with Crippen LogP contribution < -0.4 is 16.0 Å². The molecular formula is C13H18N4O3. The van der Waals surface area contributed by atoms with Crippen LogP contribution in [0.2, 0.25) is 0 Å². The minimum atomic E-state index is -0.483. The highest BCUT2D eigenvalue weighted by molar-refractivity contribution is 6.00. The van der Waals surface area contributed by atoms with E-state index in [-0.39, 0.29) is 11.8 Å². The molecule has 7 nitrogen and oxygen atoms in total. The van der Waals surface area contributed by atoms with Crippen LogP contribution in [0, 0.1) is 5.92 Å². The largest absolute Gasteiger partial charge is 0.465 e. The topological polar surface area (TPSA) is 97.6 Å². The quantitative estimate of drug-likeness (QED) is 0.765. The lowest BCUT2D eigenvalue weighted by atomic mass is 10.1. The summed E-state index contributed by atoms with van der Waals surface area (Å²) in [5, 5.41) is 2.92. The molecule has 0 saturated carbocycles. The van der Waals surface area contributed by atoms with E-state index in [0.717, 1.165) is 0 Å². The van der Waals surface area contributed by atoms with Crippen molar-refractivity contribution in [2.24, 2.45) is 11.7 Å². The van der Waals surface area contributed by atoms with Crippen LogP contribution in [-0.4, -0.2) is 44.1 Å². The molecule has 1 amide bonds. The Kier molecular flexibility index (Phi) is 4.19. The summed E-state index contributed by atoms with van der Waals surface area (Å²) in [7, 11) is 3.02. The molecule has 1 aromatic heterocycles. The van der Waals surface area contributed by atoms with Gasteiger partial charge in [0.25, 0.3) is 0 Å². The van der Waals surface area contributed by atoms with Gasteiger partial charge in [0.05, 0.1) is 18.4 Å². The third kappa shape index (κ3) is 2.57. The minimum absolute atomic E-state index is 0.0132. The molecule has 0 aromatic carbocycles. The van der Waals surface area contributed by atoms with Crippen molar-refractivity contribution in [2.75, 3.05) is 37.5 Å². The fraction of sp³-hybridized carbons (Fsp3) is 0.462. The third-order valence-electron chi connectivity index (χ3n) is 3.35. The van der Waals surface area contributed by atoms with Gasteiger partial charge in [-0.25, -0.2) is 9.78 Å². The number of methoxy groups -OCH3 is 1. The minimum Gasteiger partial charge on any atom is -0.465 e. The van der Waals surface area contributed by atoms with Crippen LogP contribution in [0.4, 0.5) is 11.5 Å². The summed E-state index contributed by atoms with van der Waals surface area (Å²) >= 11 is 0. The number of nitrogens with one attached hydrogen (secondary N) is 1. The Bertz CT molecular complexity index is 532. The zero-order valence-corrected chi connectivity index (χ0v) is 11.5. The first-order valence-corrected chi connectivity index (χ1v) is 6.37. The molecule has 3 N–H and O–H groups in total. The second kappa shape index (κ2) is 5.87. The monoisotopic (exact) mass is 278 g/mol. The van der Waals surface area contributed by atoms with Gasteiger partial charge in [-0.1, -0.05) is 0 Å². The lowest BCUT2D eigenvalue weighted by Crippen LogP contribution is -2.27. The van der Waals surface area contributed by atoms with Gasteiger partial charge in [-0.2, -0.15) is 0 Å². The molecule has 20 heavy (non-hydrogen) atoms. The maximum atomic E-state index is 12.1. The average molecular weight is 278 g/mol. The number of anilines is 2. The number of nitrogens with zero attached hydrogens (tertiary/aromatic N) is 2. The first kappa shape index (κ1) is 14.3. The Labute approximate surface area is 117 Å². The van der Waals surface area contributed by atoms with E-state index in [1.807, 2.05) is 0 Å². The van der Waals surface area contributed by atoms with Gasteiger partial charge in [0.2, 0.25) is 5.91 Å². The number of esters is 1. The molecule has 1 atom stereocenters. The van der Waals surface area contributed by atoms with Gasteiger partial charge < -0.3 is 20.7 Å². The van der Waals surface area contributed by atoms with Crippen molar-refractivity contribution >= 4 is 23.4 Å². The highest BCUT2D eigenvalue weighted by Crippen LogP contribution is 2.30. The molecule has 1 fully saturated rings. The first-order valence-electron chi connectivity index (χ1n) is 6.37. The van der Waals surface area contributed by atoms with E-state index in [1.54, 1.807) is 18.0 Å².